The summed E-state index contributed by atoms with van der Waals surface area (Å²) in [7, 11) is 0. The maximum atomic E-state index is 11.0. The molecular formula is C14H26N2O3. The molecule has 5 heteroatoms. The first-order chi connectivity index (χ1) is 9.20. The molecule has 0 saturated carbocycles. The van der Waals surface area contributed by atoms with Crippen molar-refractivity contribution in [2.75, 3.05) is 39.4 Å². The highest BCUT2D eigenvalue weighted by Gasteiger charge is 2.31. The van der Waals surface area contributed by atoms with Gasteiger partial charge in [-0.3, -0.25) is 9.69 Å². The fourth-order valence-corrected chi connectivity index (χ4v) is 3.31. The molecule has 0 aliphatic carbocycles. The van der Waals surface area contributed by atoms with E-state index in [1.165, 1.54) is 19.4 Å². The molecular weight excluding hydrogens is 244 g/mol. The Kier molecular flexibility index (Phi) is 5.60. The van der Waals surface area contributed by atoms with Crippen LogP contribution in [0.4, 0.5) is 0 Å². The second-order valence-electron chi connectivity index (χ2n) is 5.58. The van der Waals surface area contributed by atoms with Crippen molar-refractivity contribution in [2.24, 2.45) is 0 Å². The van der Waals surface area contributed by atoms with Crippen molar-refractivity contribution in [1.29, 1.82) is 0 Å². The normalized spacial score (nSPS) is 31.0. The van der Waals surface area contributed by atoms with Gasteiger partial charge in [0.1, 0.15) is 0 Å². The van der Waals surface area contributed by atoms with Gasteiger partial charge in [-0.1, -0.05) is 6.92 Å². The fourth-order valence-electron chi connectivity index (χ4n) is 3.31. The van der Waals surface area contributed by atoms with Crippen LogP contribution in [0, 0.1) is 0 Å². The Morgan fingerprint density at radius 2 is 2.16 bits per heavy atom. The highest BCUT2D eigenvalue weighted by molar-refractivity contribution is 5.67. The molecule has 5 nitrogen and oxygen atoms in total. The number of hydrogen-bond acceptors (Lipinski definition) is 4. The van der Waals surface area contributed by atoms with Gasteiger partial charge in [0.25, 0.3) is 0 Å². The van der Waals surface area contributed by atoms with Gasteiger partial charge in [0, 0.05) is 18.6 Å². The Hall–Kier alpha value is -0.650. The van der Waals surface area contributed by atoms with Gasteiger partial charge in [0.2, 0.25) is 0 Å². The summed E-state index contributed by atoms with van der Waals surface area (Å²) in [6.07, 6.45) is 3.76. The zero-order chi connectivity index (χ0) is 13.7. The van der Waals surface area contributed by atoms with Crippen molar-refractivity contribution < 1.29 is 14.6 Å². The quantitative estimate of drug-likeness (QED) is 0.827. The SMILES string of the molecule is CCN1CCCC(N2CCOCC2CC(=O)O)CC1. The van der Waals surface area contributed by atoms with E-state index in [2.05, 4.69) is 16.7 Å². The Bertz CT molecular complexity index is 298. The van der Waals surface area contributed by atoms with Crippen molar-refractivity contribution in [1.82, 2.24) is 9.80 Å². The highest BCUT2D eigenvalue weighted by Crippen LogP contribution is 2.22. The lowest BCUT2D eigenvalue weighted by Crippen LogP contribution is -2.51. The summed E-state index contributed by atoms with van der Waals surface area (Å²) in [5.74, 6) is -0.718. The molecule has 1 N–H and O–H groups in total. The third kappa shape index (κ3) is 4.16. The van der Waals surface area contributed by atoms with Crippen LogP contribution in [0.2, 0.25) is 0 Å². The summed E-state index contributed by atoms with van der Waals surface area (Å²) in [5.41, 5.74) is 0. The van der Waals surface area contributed by atoms with Crippen LogP contribution in [-0.2, 0) is 9.53 Å². The van der Waals surface area contributed by atoms with E-state index in [0.29, 0.717) is 12.6 Å². The smallest absolute Gasteiger partial charge is 0.305 e. The van der Waals surface area contributed by atoms with E-state index in [1.54, 1.807) is 0 Å². The first-order valence-corrected chi connectivity index (χ1v) is 7.48. The second-order valence-corrected chi connectivity index (χ2v) is 5.58. The van der Waals surface area contributed by atoms with E-state index < -0.39 is 5.97 Å². The van der Waals surface area contributed by atoms with Gasteiger partial charge >= 0.3 is 5.97 Å². The minimum Gasteiger partial charge on any atom is -0.481 e. The van der Waals surface area contributed by atoms with E-state index in [1.807, 2.05) is 0 Å². The lowest BCUT2D eigenvalue weighted by Gasteiger charge is -2.40. The Balaban J connectivity index is 1.94. The Morgan fingerprint density at radius 3 is 2.89 bits per heavy atom. The summed E-state index contributed by atoms with van der Waals surface area (Å²) >= 11 is 0. The maximum absolute atomic E-state index is 11.0. The summed E-state index contributed by atoms with van der Waals surface area (Å²) in [6.45, 7) is 7.84. The van der Waals surface area contributed by atoms with Crippen LogP contribution in [0.1, 0.15) is 32.6 Å². The van der Waals surface area contributed by atoms with Crippen LogP contribution in [0.3, 0.4) is 0 Å². The van der Waals surface area contributed by atoms with E-state index in [-0.39, 0.29) is 12.5 Å². The number of hydrogen-bond donors (Lipinski definition) is 1. The van der Waals surface area contributed by atoms with Crippen LogP contribution in [-0.4, -0.2) is 72.4 Å². The van der Waals surface area contributed by atoms with E-state index in [4.69, 9.17) is 9.84 Å². The molecule has 0 aromatic carbocycles. The largest absolute Gasteiger partial charge is 0.481 e. The first kappa shape index (κ1) is 14.8. The summed E-state index contributed by atoms with van der Waals surface area (Å²) in [6, 6.07) is 0.592. The fraction of sp³-hybridized carbons (Fsp3) is 0.929. The predicted octanol–water partition coefficient (Wildman–Crippen LogP) is 1.04. The van der Waals surface area contributed by atoms with Gasteiger partial charge in [-0.15, -0.1) is 0 Å². The van der Waals surface area contributed by atoms with Gasteiger partial charge in [-0.25, -0.2) is 0 Å². The molecule has 2 rings (SSSR count). The van der Waals surface area contributed by atoms with Crippen molar-refractivity contribution in [2.45, 2.75) is 44.7 Å². The van der Waals surface area contributed by atoms with Crippen molar-refractivity contribution >= 4 is 5.97 Å². The number of ether oxygens (including phenoxy) is 1. The summed E-state index contributed by atoms with van der Waals surface area (Å²) in [5, 5.41) is 9.03. The lowest BCUT2D eigenvalue weighted by molar-refractivity contribution is -0.141. The number of aliphatic carboxylic acids is 1. The van der Waals surface area contributed by atoms with Gasteiger partial charge in [-0.05, 0) is 38.9 Å². The van der Waals surface area contributed by atoms with Crippen LogP contribution in [0.15, 0.2) is 0 Å². The molecule has 2 heterocycles. The molecule has 0 amide bonds. The molecule has 110 valence electrons. The molecule has 2 fully saturated rings. The first-order valence-electron chi connectivity index (χ1n) is 7.48. The average Bonchev–Trinajstić information content (AvgIpc) is 2.64. The molecule has 0 bridgehead atoms. The van der Waals surface area contributed by atoms with E-state index in [0.717, 1.165) is 32.7 Å². The predicted molar refractivity (Wildman–Crippen MR) is 73.3 cm³/mol. The highest BCUT2D eigenvalue weighted by atomic mass is 16.5. The van der Waals surface area contributed by atoms with Crippen molar-refractivity contribution in [3.63, 3.8) is 0 Å². The molecule has 2 aliphatic rings. The molecule has 2 atom stereocenters. The van der Waals surface area contributed by atoms with E-state index in [9.17, 15) is 4.79 Å². The summed E-state index contributed by atoms with van der Waals surface area (Å²) in [4.78, 5) is 15.9. The standard InChI is InChI=1S/C14H26N2O3/c1-2-15-6-3-4-12(5-7-15)16-8-9-19-11-13(16)10-14(17)18/h12-13H,2-11H2,1H3,(H,17,18). The molecule has 2 saturated heterocycles. The van der Waals surface area contributed by atoms with Crippen molar-refractivity contribution in [3.8, 4) is 0 Å². The molecule has 2 aliphatic heterocycles. The number of rotatable bonds is 4. The lowest BCUT2D eigenvalue weighted by atomic mass is 10.0. The van der Waals surface area contributed by atoms with Gasteiger partial charge in [0.15, 0.2) is 0 Å². The Morgan fingerprint density at radius 1 is 1.32 bits per heavy atom. The third-order valence-electron chi connectivity index (χ3n) is 4.39. The number of carbonyl (C=O) groups is 1. The molecule has 0 aromatic rings. The topological polar surface area (TPSA) is 53.0 Å². The molecule has 0 aromatic heterocycles. The minimum absolute atomic E-state index is 0.0597. The average molecular weight is 270 g/mol. The van der Waals surface area contributed by atoms with Crippen LogP contribution in [0.5, 0.6) is 0 Å². The Labute approximate surface area is 115 Å². The molecule has 2 unspecified atom stereocenters. The van der Waals surface area contributed by atoms with Gasteiger partial charge < -0.3 is 14.7 Å². The number of carboxylic acid groups (broad SMARTS) is 1. The maximum Gasteiger partial charge on any atom is 0.305 e. The number of morpholine rings is 1. The number of carboxylic acids is 1. The van der Waals surface area contributed by atoms with Crippen molar-refractivity contribution in [3.05, 3.63) is 0 Å². The van der Waals surface area contributed by atoms with Crippen LogP contribution < -0.4 is 0 Å². The molecule has 19 heavy (non-hydrogen) atoms. The number of likely N-dealkylation sites (tertiary alicyclic amines) is 1. The van der Waals surface area contributed by atoms with E-state index >= 15 is 0 Å². The van der Waals surface area contributed by atoms with Gasteiger partial charge in [0.05, 0.1) is 19.6 Å². The zero-order valence-corrected chi connectivity index (χ0v) is 11.9. The monoisotopic (exact) mass is 270 g/mol. The number of nitrogens with zero attached hydrogens (tertiary/aromatic N) is 2. The summed E-state index contributed by atoms with van der Waals surface area (Å²) < 4.78 is 5.46. The van der Waals surface area contributed by atoms with Crippen LogP contribution >= 0.6 is 0 Å². The van der Waals surface area contributed by atoms with Crippen LogP contribution in [0.25, 0.3) is 0 Å². The molecule has 0 spiro atoms. The minimum atomic E-state index is -0.718. The zero-order valence-electron chi connectivity index (χ0n) is 11.9. The second kappa shape index (κ2) is 7.22. The molecule has 0 radical (unpaired) electrons. The van der Waals surface area contributed by atoms with Gasteiger partial charge in [-0.2, -0.15) is 0 Å². The third-order valence-corrected chi connectivity index (χ3v) is 4.39.